The number of aromatic nitrogens is 7. The lowest BCUT2D eigenvalue weighted by Gasteiger charge is -2.35. The van der Waals surface area contributed by atoms with Crippen molar-refractivity contribution in [3.05, 3.63) is 284 Å². The van der Waals surface area contributed by atoms with Gasteiger partial charge >= 0.3 is 0 Å². The van der Waals surface area contributed by atoms with Gasteiger partial charge in [-0.15, -0.1) is 10.2 Å². The lowest BCUT2D eigenvalue weighted by atomic mass is 9.74. The number of benzene rings is 12. The van der Waals surface area contributed by atoms with E-state index in [1.807, 2.05) is 0 Å². The molecule has 0 aliphatic carbocycles. The minimum atomic E-state index is -1.95. The molecule has 7 nitrogen and oxygen atoms in total. The van der Waals surface area contributed by atoms with Crippen molar-refractivity contribution in [1.82, 2.24) is 33.4 Å². The zero-order valence-electron chi connectivity index (χ0n) is 57.1. The second-order valence-corrected chi connectivity index (χ2v) is 43.3. The summed E-state index contributed by atoms with van der Waals surface area (Å²) in [6, 6.07) is 101. The van der Waals surface area contributed by atoms with Gasteiger partial charge in [-0.1, -0.05) is 259 Å². The molecule has 0 unspecified atom stereocenters. The van der Waals surface area contributed by atoms with Gasteiger partial charge in [-0.2, -0.15) is 0 Å². The molecule has 0 bridgehead atoms. The van der Waals surface area contributed by atoms with E-state index in [9.17, 15) is 0 Å². The van der Waals surface area contributed by atoms with Crippen LogP contribution in [-0.2, 0) is 5.41 Å². The normalized spacial score (nSPS) is 15.1. The predicted octanol–water partition coefficient (Wildman–Crippen LogP) is 18.7. The molecule has 4 aliphatic heterocycles. The largest absolute Gasteiger partial charge is 0.309 e. The van der Waals surface area contributed by atoms with Gasteiger partial charge in [-0.25, -0.2) is 4.98 Å². The molecule has 6 aromatic heterocycles. The first-order chi connectivity index (χ1) is 48.7. The molecule has 476 valence electrons. The highest BCUT2D eigenvalue weighted by molar-refractivity contribution is 7.04. The summed E-state index contributed by atoms with van der Waals surface area (Å²) in [7, 11) is -5.73. The number of fused-ring (bicyclic) bond motifs is 20. The summed E-state index contributed by atoms with van der Waals surface area (Å²) in [5.74, 6) is 0. The fraction of sp³-hybridized carbons (Fsp3) is 0.100. The van der Waals surface area contributed by atoms with Gasteiger partial charge in [0.2, 0.25) is 0 Å². The maximum atomic E-state index is 5.36. The van der Waals surface area contributed by atoms with Crippen LogP contribution < -0.4 is 31.1 Å². The van der Waals surface area contributed by atoms with E-state index in [-0.39, 0.29) is 5.41 Å². The Morgan fingerprint density at radius 2 is 0.660 bits per heavy atom. The van der Waals surface area contributed by atoms with E-state index in [1.54, 1.807) is 0 Å². The third-order valence-corrected chi connectivity index (χ3v) is 34.3. The number of para-hydroxylation sites is 9. The Bertz CT molecular complexity index is 6670. The summed E-state index contributed by atoms with van der Waals surface area (Å²) in [5, 5.41) is 29.4. The van der Waals surface area contributed by atoms with Crippen LogP contribution in [0.15, 0.2) is 273 Å². The van der Waals surface area contributed by atoms with Crippen molar-refractivity contribution in [2.45, 2.75) is 58.5 Å². The molecule has 0 atom stereocenters. The average molecular weight is 1330 g/mol. The van der Waals surface area contributed by atoms with Crippen molar-refractivity contribution in [1.29, 1.82) is 0 Å². The van der Waals surface area contributed by atoms with E-state index >= 15 is 0 Å². The van der Waals surface area contributed by atoms with E-state index < -0.39 is 24.2 Å². The van der Waals surface area contributed by atoms with Gasteiger partial charge in [0.05, 0.1) is 72.6 Å². The molecule has 0 amide bonds. The molecule has 10 heteroatoms. The van der Waals surface area contributed by atoms with Gasteiger partial charge in [0.1, 0.15) is 24.2 Å². The average Bonchev–Trinajstić information content (AvgIpc) is 1.52. The van der Waals surface area contributed by atoms with Gasteiger partial charge in [-0.05, 0) is 109 Å². The molecule has 0 N–H and O–H groups in total. The van der Waals surface area contributed by atoms with Crippen LogP contribution in [0.25, 0.3) is 155 Å². The van der Waals surface area contributed by atoms with E-state index in [4.69, 9.17) is 15.2 Å². The molecule has 0 saturated carbocycles. The van der Waals surface area contributed by atoms with Crippen LogP contribution in [0, 0.1) is 0 Å². The van der Waals surface area contributed by atoms with Crippen LogP contribution in [0.1, 0.15) is 25.0 Å². The summed E-state index contributed by atoms with van der Waals surface area (Å²) >= 11 is 0. The molecular weight excluding hydrogens is 1260 g/mol. The number of hydrogen-bond acceptors (Lipinski definition) is 3. The molecule has 22 rings (SSSR count). The minimum Gasteiger partial charge on any atom is -0.309 e. The standard InChI is InChI=1S/C45H34N4Si.C45H35N3Si2/c1-45(2)33-17-9-14-30-28-12-6-8-20-38(28)49(42(30)33)43-32(16-10-18-34(43)45)36-24-23-35(46-47-36)27-22-25-40-39(26-27)48-37-19-7-5-13-29(37)31-15-11-21-41(44(31)48)50(40,3)4;1-49(2)40-19-8-7-18-37(40)48-38-26-28(22-24-31(38)33-14-10-21-43(49)45(33)48)34-15-11-16-35(46-34)29-23-25-41-39(27-29)47-36-17-6-5-12-30(36)32-13-9-20-42(44(32)47)50(41,3)4/h5-26H,1-4H3;5-27H,1-4H3. The van der Waals surface area contributed by atoms with E-state index in [0.29, 0.717) is 0 Å². The predicted molar refractivity (Wildman–Crippen MR) is 428 cm³/mol. The minimum absolute atomic E-state index is 0.171. The van der Waals surface area contributed by atoms with Crippen LogP contribution in [0.4, 0.5) is 0 Å². The summed E-state index contributed by atoms with van der Waals surface area (Å²) in [4.78, 5) is 5.36. The zero-order valence-corrected chi connectivity index (χ0v) is 60.1. The van der Waals surface area contributed by atoms with Crippen molar-refractivity contribution < 1.29 is 0 Å². The van der Waals surface area contributed by atoms with E-state index in [1.165, 1.54) is 152 Å². The summed E-state index contributed by atoms with van der Waals surface area (Å²) in [6.45, 7) is 19.6. The maximum absolute atomic E-state index is 5.36. The van der Waals surface area contributed by atoms with Crippen LogP contribution >= 0.6 is 0 Å². The zero-order chi connectivity index (χ0) is 67.0. The molecule has 0 fully saturated rings. The van der Waals surface area contributed by atoms with Gasteiger partial charge in [0, 0.05) is 87.8 Å². The van der Waals surface area contributed by atoms with Crippen molar-refractivity contribution >= 4 is 143 Å². The first-order valence-electron chi connectivity index (χ1n) is 35.2. The van der Waals surface area contributed by atoms with Crippen LogP contribution in [-0.4, -0.2) is 57.7 Å². The molecule has 0 saturated heterocycles. The van der Waals surface area contributed by atoms with Crippen LogP contribution in [0.3, 0.4) is 0 Å². The number of pyridine rings is 1. The Hall–Kier alpha value is -11.3. The Morgan fingerprint density at radius 3 is 1.22 bits per heavy atom. The highest BCUT2D eigenvalue weighted by Gasteiger charge is 2.41. The molecule has 12 aromatic carbocycles. The summed E-state index contributed by atoms with van der Waals surface area (Å²) in [5.41, 5.74) is 26.2. The van der Waals surface area contributed by atoms with Crippen LogP contribution in [0.5, 0.6) is 0 Å². The topological polar surface area (TPSA) is 58.4 Å². The molecule has 0 spiro atoms. The van der Waals surface area contributed by atoms with Crippen molar-refractivity contribution in [2.75, 3.05) is 0 Å². The second kappa shape index (κ2) is 20.2. The van der Waals surface area contributed by atoms with Gasteiger partial charge in [0.15, 0.2) is 0 Å². The van der Waals surface area contributed by atoms with E-state index in [0.717, 1.165) is 45.0 Å². The van der Waals surface area contributed by atoms with Crippen molar-refractivity contribution in [3.63, 3.8) is 0 Å². The summed E-state index contributed by atoms with van der Waals surface area (Å²) in [6.07, 6.45) is 0. The summed E-state index contributed by atoms with van der Waals surface area (Å²) < 4.78 is 10.0. The Kier molecular flexibility index (Phi) is 11.7. The van der Waals surface area contributed by atoms with Gasteiger partial charge < -0.3 is 18.3 Å². The molecule has 4 aliphatic rings. The van der Waals surface area contributed by atoms with Crippen molar-refractivity contribution in [3.8, 4) is 67.8 Å². The molecular formula is C90H69N7Si3. The third-order valence-electron chi connectivity index (χ3n) is 23.7. The fourth-order valence-corrected chi connectivity index (χ4v) is 27.7. The molecule has 100 heavy (non-hydrogen) atoms. The lowest BCUT2D eigenvalue weighted by Crippen LogP contribution is -2.57. The highest BCUT2D eigenvalue weighted by atomic mass is 28.3. The Labute approximate surface area is 582 Å². The molecule has 18 aromatic rings. The van der Waals surface area contributed by atoms with Crippen LogP contribution in [0.2, 0.25) is 39.3 Å². The van der Waals surface area contributed by atoms with Crippen molar-refractivity contribution in [2.24, 2.45) is 0 Å². The third kappa shape index (κ3) is 7.59. The SMILES string of the molecule is CC1(C)c2cccc(-c3ccc(-c4ccc5c(c4)-n4c6ccccc6c6cccc(c64)[Si]5(C)C)nn3)c2-n2c3ccccc3c3cccc1c32.C[Si]1(C)c2ccc(-c3cccc(-c4ccc5c6cccc7c6n(c5c4)-c4ccccc4[Si]7(C)C)n3)cc2-n2c3ccccc3c3cccc1c32. The highest BCUT2D eigenvalue weighted by Crippen LogP contribution is 2.50. The number of hydrogen-bond donors (Lipinski definition) is 0. The van der Waals surface area contributed by atoms with E-state index in [2.05, 4.69) is 344 Å². The monoisotopic (exact) mass is 1330 g/mol. The first kappa shape index (κ1) is 57.8. The molecule has 0 radical (unpaired) electrons. The lowest BCUT2D eigenvalue weighted by molar-refractivity contribution is 0.630. The quantitative estimate of drug-likeness (QED) is 0.165. The molecule has 10 heterocycles. The first-order valence-corrected chi connectivity index (χ1v) is 44.2. The van der Waals surface area contributed by atoms with Gasteiger partial charge in [0.25, 0.3) is 0 Å². The van der Waals surface area contributed by atoms with Gasteiger partial charge in [-0.3, -0.25) is 0 Å². The smallest absolute Gasteiger partial charge is 0.117 e. The second-order valence-electron chi connectivity index (χ2n) is 30.3. The number of rotatable bonds is 4. The number of nitrogens with zero attached hydrogens (tertiary/aromatic N) is 7. The Morgan fingerprint density at radius 1 is 0.270 bits per heavy atom. The fourth-order valence-electron chi connectivity index (χ4n) is 18.8. The Balaban J connectivity index is 0.000000131. The maximum Gasteiger partial charge on any atom is 0.117 e.